The molecule has 0 amide bonds. The Bertz CT molecular complexity index is 38.5. The fourth-order valence-corrected chi connectivity index (χ4v) is 0.376. The van der Waals surface area contributed by atoms with Gasteiger partial charge in [-0.1, -0.05) is 0 Å². The zero-order chi connectivity index (χ0) is 4.99. The minimum Gasteiger partial charge on any atom is -1.00 e. The van der Waals surface area contributed by atoms with Crippen LogP contribution in [0, 0.1) is 0 Å². The first-order valence-corrected chi connectivity index (χ1v) is 2.09. The zero-order valence-corrected chi connectivity index (χ0v) is 7.29. The Morgan fingerprint density at radius 3 is 1.75 bits per heavy atom. The zero-order valence-electron chi connectivity index (χ0n) is 4.67. The standard InChI is InChI=1S/C3H8NO.2ClH.Fe/c1-4(2)3-5;;;/h3H2,1-2H3;2*1H;/q-1;;;+3/p-2. The quantitative estimate of drug-likeness (QED) is 0.325. The summed E-state index contributed by atoms with van der Waals surface area (Å²) >= 11 is 3.18. The van der Waals surface area contributed by atoms with Crippen LogP contribution in [0.25, 0.3) is 0 Å². The van der Waals surface area contributed by atoms with Crippen molar-refractivity contribution in [2.45, 2.75) is 0 Å². The van der Waals surface area contributed by atoms with Crippen molar-refractivity contribution in [2.75, 3.05) is 20.8 Å². The Hall–Kier alpha value is 1.02. The predicted molar refractivity (Wildman–Crippen MR) is 19.6 cm³/mol. The molecule has 0 aliphatic carbocycles. The van der Waals surface area contributed by atoms with Crippen molar-refractivity contribution >= 4 is 0 Å². The summed E-state index contributed by atoms with van der Waals surface area (Å²) in [4.78, 5) is 1.90. The van der Waals surface area contributed by atoms with Crippen molar-refractivity contribution in [3.8, 4) is 0 Å². The van der Waals surface area contributed by atoms with Gasteiger partial charge in [0.1, 0.15) is 0 Å². The Kier molecular flexibility index (Phi) is 21.8. The van der Waals surface area contributed by atoms with E-state index in [9.17, 15) is 0 Å². The maximum atomic E-state index is 4.48. The first-order valence-electron chi connectivity index (χ1n) is 1.64. The monoisotopic (exact) mass is 200 g/mol. The topological polar surface area (TPSA) is 12.5 Å². The first kappa shape index (κ1) is 16.0. The molecule has 0 fully saturated rings. The van der Waals surface area contributed by atoms with E-state index in [4.69, 9.17) is 0 Å². The van der Waals surface area contributed by atoms with E-state index in [1.54, 1.807) is 0 Å². The average molecular weight is 201 g/mol. The van der Waals surface area contributed by atoms with Crippen LogP contribution in [0.4, 0.5) is 0 Å². The van der Waals surface area contributed by atoms with E-state index in [0.29, 0.717) is 6.73 Å². The molecule has 0 spiro atoms. The van der Waals surface area contributed by atoms with Crippen LogP contribution >= 0.6 is 0 Å². The van der Waals surface area contributed by atoms with Crippen LogP contribution in [0.2, 0.25) is 0 Å². The van der Waals surface area contributed by atoms with Crippen molar-refractivity contribution in [1.29, 1.82) is 0 Å². The van der Waals surface area contributed by atoms with Gasteiger partial charge in [0, 0.05) is 0 Å². The Morgan fingerprint density at radius 1 is 1.38 bits per heavy atom. The largest absolute Gasteiger partial charge is 1.00 e. The first-order chi connectivity index (χ1) is 2.77. The summed E-state index contributed by atoms with van der Waals surface area (Å²) in [5.74, 6) is 0. The summed E-state index contributed by atoms with van der Waals surface area (Å²) in [6.07, 6.45) is 0. The number of halogens is 2. The van der Waals surface area contributed by atoms with Gasteiger partial charge in [-0.2, -0.15) is 0 Å². The van der Waals surface area contributed by atoms with E-state index in [-0.39, 0.29) is 24.8 Å². The molecule has 5 heteroatoms. The molecule has 0 aromatic heterocycles. The molecule has 0 aliphatic heterocycles. The molecule has 0 bridgehead atoms. The molecule has 0 aromatic rings. The van der Waals surface area contributed by atoms with Crippen LogP contribution in [0.5, 0.6) is 0 Å². The van der Waals surface area contributed by atoms with Crippen LogP contribution in [0.3, 0.4) is 0 Å². The van der Waals surface area contributed by atoms with E-state index < -0.39 is 0 Å². The Balaban J connectivity index is -0.000000125. The molecule has 0 saturated heterocycles. The fraction of sp³-hybridized carbons (Fsp3) is 1.00. The summed E-state index contributed by atoms with van der Waals surface area (Å²) < 4.78 is 4.48. The van der Waals surface area contributed by atoms with E-state index in [1.807, 2.05) is 19.0 Å². The van der Waals surface area contributed by atoms with E-state index in [2.05, 4.69) is 20.2 Å². The average Bonchev–Trinajstić information content (AvgIpc) is 1.35. The van der Waals surface area contributed by atoms with Crippen LogP contribution in [0.15, 0.2) is 0 Å². The molecule has 0 N–H and O–H groups in total. The van der Waals surface area contributed by atoms with Gasteiger partial charge in [0.25, 0.3) is 0 Å². The van der Waals surface area contributed by atoms with Gasteiger partial charge in [0.05, 0.1) is 0 Å². The SMILES string of the molecule is CN(C)C[O][Fe+2].[Cl-].[Cl-]. The molecule has 0 radical (unpaired) electrons. The van der Waals surface area contributed by atoms with Crippen molar-refractivity contribution < 1.29 is 45.0 Å². The molecule has 0 rings (SSSR count). The van der Waals surface area contributed by atoms with Gasteiger partial charge in [0.2, 0.25) is 0 Å². The minimum absolute atomic E-state index is 0. The van der Waals surface area contributed by atoms with Crippen molar-refractivity contribution in [1.82, 2.24) is 4.90 Å². The normalized spacial score (nSPS) is 7.38. The van der Waals surface area contributed by atoms with Gasteiger partial charge in [-0.3, -0.25) is 0 Å². The summed E-state index contributed by atoms with van der Waals surface area (Å²) in [7, 11) is 3.84. The second kappa shape index (κ2) is 10.9. The van der Waals surface area contributed by atoms with Crippen molar-refractivity contribution in [3.05, 3.63) is 0 Å². The predicted octanol–water partition coefficient (Wildman–Crippen LogP) is -6.01. The molecule has 8 heavy (non-hydrogen) atoms. The summed E-state index contributed by atoms with van der Waals surface area (Å²) in [6.45, 7) is 0.597. The third-order valence-corrected chi connectivity index (χ3v) is 0.446. The molecular formula is C3H8Cl2FeNO. The summed E-state index contributed by atoms with van der Waals surface area (Å²) in [6, 6.07) is 0. The van der Waals surface area contributed by atoms with Gasteiger partial charge in [-0.05, 0) is 0 Å². The number of nitrogens with zero attached hydrogens (tertiary/aromatic N) is 1. The van der Waals surface area contributed by atoms with Crippen LogP contribution in [-0.2, 0) is 20.2 Å². The van der Waals surface area contributed by atoms with Crippen LogP contribution < -0.4 is 24.8 Å². The maximum absolute atomic E-state index is 4.48. The fourth-order valence-electron chi connectivity index (χ4n) is 0.0913. The van der Waals surface area contributed by atoms with Crippen LogP contribution in [-0.4, -0.2) is 25.7 Å². The van der Waals surface area contributed by atoms with E-state index >= 15 is 0 Å². The smallest absolute Gasteiger partial charge is 1.00 e. The van der Waals surface area contributed by atoms with Gasteiger partial charge >= 0.3 is 45.9 Å². The third-order valence-electron chi connectivity index (χ3n) is 0.304. The summed E-state index contributed by atoms with van der Waals surface area (Å²) in [5, 5.41) is 0. The number of rotatable bonds is 2. The molecule has 53 valence electrons. The molecular weight excluding hydrogens is 193 g/mol. The van der Waals surface area contributed by atoms with Gasteiger partial charge in [-0.15, -0.1) is 0 Å². The third kappa shape index (κ3) is 15.7. The second-order valence-electron chi connectivity index (χ2n) is 1.31. The maximum Gasteiger partial charge on any atom is -1.00 e. The number of hydrogen-bond acceptors (Lipinski definition) is 2. The van der Waals surface area contributed by atoms with Gasteiger partial charge in [-0.25, -0.2) is 0 Å². The van der Waals surface area contributed by atoms with Gasteiger partial charge in [0.15, 0.2) is 0 Å². The molecule has 2 nitrogen and oxygen atoms in total. The number of hydrogen-bond donors (Lipinski definition) is 0. The molecule has 0 unspecified atom stereocenters. The molecule has 0 aromatic carbocycles. The minimum atomic E-state index is 0. The molecule has 0 aliphatic rings. The Morgan fingerprint density at radius 2 is 1.75 bits per heavy atom. The molecule has 0 saturated carbocycles. The molecule has 0 heterocycles. The van der Waals surface area contributed by atoms with Crippen molar-refractivity contribution in [3.63, 3.8) is 0 Å². The van der Waals surface area contributed by atoms with Crippen molar-refractivity contribution in [2.24, 2.45) is 0 Å². The second-order valence-corrected chi connectivity index (χ2v) is 1.63. The van der Waals surface area contributed by atoms with E-state index in [0.717, 1.165) is 0 Å². The van der Waals surface area contributed by atoms with E-state index in [1.165, 1.54) is 0 Å². The Labute approximate surface area is 70.9 Å². The van der Waals surface area contributed by atoms with Gasteiger partial charge < -0.3 is 24.8 Å². The molecule has 0 atom stereocenters. The van der Waals surface area contributed by atoms with Crippen LogP contribution in [0.1, 0.15) is 0 Å². The summed E-state index contributed by atoms with van der Waals surface area (Å²) in [5.41, 5.74) is 0.